The molecule has 0 radical (unpaired) electrons. The number of alkyl halides is 3. The Balaban J connectivity index is 2.28. The standard InChI is InChI=1S/C13H14ClF3N4/c1-21-12(10(14)7-19-21)11(20-18)6-8-3-2-4-9(5-8)13(15,16)17/h2-5,7,11,20H,6,18H2,1H3. The molecule has 21 heavy (non-hydrogen) atoms. The van der Waals surface area contributed by atoms with Crippen LogP contribution in [0.4, 0.5) is 13.2 Å². The van der Waals surface area contributed by atoms with Crippen molar-refractivity contribution in [3.8, 4) is 0 Å². The molecule has 0 saturated carbocycles. The molecule has 0 aliphatic heterocycles. The van der Waals surface area contributed by atoms with Crippen LogP contribution >= 0.6 is 11.6 Å². The van der Waals surface area contributed by atoms with E-state index in [-0.39, 0.29) is 6.42 Å². The smallest absolute Gasteiger partial charge is 0.271 e. The molecular weight excluding hydrogens is 305 g/mol. The number of hydrazine groups is 1. The fraction of sp³-hybridized carbons (Fsp3) is 0.308. The van der Waals surface area contributed by atoms with E-state index in [1.165, 1.54) is 12.3 Å². The van der Waals surface area contributed by atoms with Gasteiger partial charge in [-0.15, -0.1) is 0 Å². The van der Waals surface area contributed by atoms with Crippen LogP contribution in [-0.2, 0) is 19.6 Å². The second-order valence-electron chi connectivity index (χ2n) is 4.62. The molecule has 1 aromatic carbocycles. The number of nitrogens with two attached hydrogens (primary N) is 1. The predicted octanol–water partition coefficient (Wildman–Crippen LogP) is 2.84. The molecule has 0 fully saturated rings. The monoisotopic (exact) mass is 318 g/mol. The first kappa shape index (κ1) is 15.8. The van der Waals surface area contributed by atoms with Crippen molar-refractivity contribution in [2.24, 2.45) is 12.9 Å². The van der Waals surface area contributed by atoms with E-state index in [0.717, 1.165) is 12.1 Å². The van der Waals surface area contributed by atoms with Crippen molar-refractivity contribution in [2.45, 2.75) is 18.6 Å². The molecule has 0 spiro atoms. The van der Waals surface area contributed by atoms with Gasteiger partial charge in [-0.05, 0) is 18.1 Å². The zero-order chi connectivity index (χ0) is 15.6. The maximum absolute atomic E-state index is 12.7. The van der Waals surface area contributed by atoms with Gasteiger partial charge >= 0.3 is 6.18 Å². The van der Waals surface area contributed by atoms with E-state index in [1.807, 2.05) is 0 Å². The Labute approximate surface area is 124 Å². The molecule has 4 nitrogen and oxygen atoms in total. The zero-order valence-corrected chi connectivity index (χ0v) is 11.9. The van der Waals surface area contributed by atoms with Gasteiger partial charge < -0.3 is 0 Å². The van der Waals surface area contributed by atoms with Crippen molar-refractivity contribution in [3.63, 3.8) is 0 Å². The lowest BCUT2D eigenvalue weighted by atomic mass is 10.0. The highest BCUT2D eigenvalue weighted by Crippen LogP contribution is 2.31. The molecule has 114 valence electrons. The van der Waals surface area contributed by atoms with E-state index in [4.69, 9.17) is 17.4 Å². The van der Waals surface area contributed by atoms with Crippen LogP contribution in [0.2, 0.25) is 5.02 Å². The predicted molar refractivity (Wildman–Crippen MR) is 73.4 cm³/mol. The van der Waals surface area contributed by atoms with Gasteiger partial charge in [0, 0.05) is 7.05 Å². The maximum atomic E-state index is 12.7. The summed E-state index contributed by atoms with van der Waals surface area (Å²) in [6, 6.07) is 4.69. The van der Waals surface area contributed by atoms with Crippen LogP contribution in [0.1, 0.15) is 22.9 Å². The third-order valence-electron chi connectivity index (χ3n) is 3.16. The van der Waals surface area contributed by atoms with E-state index < -0.39 is 17.8 Å². The van der Waals surface area contributed by atoms with Gasteiger partial charge in [0.2, 0.25) is 0 Å². The lowest BCUT2D eigenvalue weighted by Gasteiger charge is -2.18. The average Bonchev–Trinajstić information content (AvgIpc) is 2.75. The minimum atomic E-state index is -4.37. The van der Waals surface area contributed by atoms with Gasteiger partial charge in [0.1, 0.15) is 0 Å². The molecule has 0 bridgehead atoms. The molecule has 1 aromatic heterocycles. The van der Waals surface area contributed by atoms with Crippen molar-refractivity contribution in [3.05, 3.63) is 52.3 Å². The Morgan fingerprint density at radius 1 is 1.43 bits per heavy atom. The van der Waals surface area contributed by atoms with Crippen LogP contribution in [0.3, 0.4) is 0 Å². The summed E-state index contributed by atoms with van der Waals surface area (Å²) < 4.78 is 39.7. The van der Waals surface area contributed by atoms with E-state index >= 15 is 0 Å². The number of nitrogens with zero attached hydrogens (tertiary/aromatic N) is 2. The summed E-state index contributed by atoms with van der Waals surface area (Å²) in [6.45, 7) is 0. The van der Waals surface area contributed by atoms with Gasteiger partial charge in [-0.3, -0.25) is 16.0 Å². The molecule has 1 atom stereocenters. The largest absolute Gasteiger partial charge is 0.416 e. The first-order valence-corrected chi connectivity index (χ1v) is 6.50. The lowest BCUT2D eigenvalue weighted by molar-refractivity contribution is -0.137. The Hall–Kier alpha value is -1.57. The highest BCUT2D eigenvalue weighted by atomic mass is 35.5. The second kappa shape index (κ2) is 6.05. The third kappa shape index (κ3) is 3.55. The Morgan fingerprint density at radius 2 is 2.14 bits per heavy atom. The summed E-state index contributed by atoms with van der Waals surface area (Å²) >= 11 is 6.03. The highest BCUT2D eigenvalue weighted by molar-refractivity contribution is 6.31. The lowest BCUT2D eigenvalue weighted by Crippen LogP contribution is -2.31. The zero-order valence-electron chi connectivity index (χ0n) is 11.2. The van der Waals surface area contributed by atoms with Gasteiger partial charge in [-0.25, -0.2) is 0 Å². The topological polar surface area (TPSA) is 55.9 Å². The molecule has 0 saturated heterocycles. The number of hydrogen-bond donors (Lipinski definition) is 2. The third-order valence-corrected chi connectivity index (χ3v) is 3.45. The fourth-order valence-electron chi connectivity index (χ4n) is 2.16. The molecule has 8 heteroatoms. The Morgan fingerprint density at radius 3 is 2.67 bits per heavy atom. The van der Waals surface area contributed by atoms with E-state index in [2.05, 4.69) is 10.5 Å². The SMILES string of the molecule is Cn1ncc(Cl)c1C(Cc1cccc(C(F)(F)F)c1)NN. The molecule has 1 unspecified atom stereocenters. The van der Waals surface area contributed by atoms with E-state index in [0.29, 0.717) is 16.3 Å². The van der Waals surface area contributed by atoms with Gasteiger partial charge in [0.15, 0.2) is 0 Å². The molecule has 0 amide bonds. The minimum absolute atomic E-state index is 0.264. The number of nitrogens with one attached hydrogen (secondary N) is 1. The fourth-order valence-corrected chi connectivity index (χ4v) is 2.45. The normalized spacial score (nSPS) is 13.4. The molecule has 2 rings (SSSR count). The average molecular weight is 319 g/mol. The number of hydrogen-bond acceptors (Lipinski definition) is 3. The first-order valence-electron chi connectivity index (χ1n) is 6.12. The van der Waals surface area contributed by atoms with Gasteiger partial charge in [-0.2, -0.15) is 18.3 Å². The molecular formula is C13H14ClF3N4. The highest BCUT2D eigenvalue weighted by Gasteiger charge is 2.30. The van der Waals surface area contributed by atoms with E-state index in [9.17, 15) is 13.2 Å². The first-order chi connectivity index (χ1) is 9.82. The van der Waals surface area contributed by atoms with Gasteiger partial charge in [0.05, 0.1) is 28.5 Å². The Kier molecular flexibility index (Phi) is 4.55. The Bertz CT molecular complexity index is 605. The van der Waals surface area contributed by atoms with Crippen molar-refractivity contribution in [1.29, 1.82) is 0 Å². The number of halogens is 4. The molecule has 0 aliphatic rings. The summed E-state index contributed by atoms with van der Waals surface area (Å²) in [7, 11) is 1.69. The van der Waals surface area contributed by atoms with Gasteiger partial charge in [0.25, 0.3) is 0 Å². The van der Waals surface area contributed by atoms with Crippen molar-refractivity contribution >= 4 is 11.6 Å². The molecule has 0 aliphatic carbocycles. The summed E-state index contributed by atoms with van der Waals surface area (Å²) in [4.78, 5) is 0. The number of aryl methyl sites for hydroxylation is 1. The van der Waals surface area contributed by atoms with Crippen molar-refractivity contribution in [2.75, 3.05) is 0 Å². The summed E-state index contributed by atoms with van der Waals surface area (Å²) in [6.07, 6.45) is -2.64. The van der Waals surface area contributed by atoms with Crippen LogP contribution < -0.4 is 11.3 Å². The van der Waals surface area contributed by atoms with Crippen LogP contribution in [-0.4, -0.2) is 9.78 Å². The van der Waals surface area contributed by atoms with Gasteiger partial charge in [-0.1, -0.05) is 29.8 Å². The number of aromatic nitrogens is 2. The second-order valence-corrected chi connectivity index (χ2v) is 5.03. The molecule has 3 N–H and O–H groups in total. The quantitative estimate of drug-likeness (QED) is 0.673. The maximum Gasteiger partial charge on any atom is 0.416 e. The molecule has 1 heterocycles. The van der Waals surface area contributed by atoms with Crippen LogP contribution in [0.5, 0.6) is 0 Å². The summed E-state index contributed by atoms with van der Waals surface area (Å²) in [5, 5.41) is 4.40. The van der Waals surface area contributed by atoms with Crippen molar-refractivity contribution in [1.82, 2.24) is 15.2 Å². The van der Waals surface area contributed by atoms with Crippen LogP contribution in [0.15, 0.2) is 30.5 Å². The number of rotatable bonds is 4. The minimum Gasteiger partial charge on any atom is -0.271 e. The summed E-state index contributed by atoms with van der Waals surface area (Å²) in [5.41, 5.74) is 3.00. The van der Waals surface area contributed by atoms with E-state index in [1.54, 1.807) is 17.8 Å². The van der Waals surface area contributed by atoms with Crippen molar-refractivity contribution < 1.29 is 13.2 Å². The number of benzene rings is 1. The van der Waals surface area contributed by atoms with Crippen LogP contribution in [0, 0.1) is 0 Å². The molecule has 2 aromatic rings. The van der Waals surface area contributed by atoms with Crippen LogP contribution in [0.25, 0.3) is 0 Å². The summed E-state index contributed by atoms with van der Waals surface area (Å²) in [5.74, 6) is 5.50.